The summed E-state index contributed by atoms with van der Waals surface area (Å²) in [6.45, 7) is 3.98. The minimum absolute atomic E-state index is 0.0443. The average molecular weight is 427 g/mol. The molecule has 2 amide bonds. The van der Waals surface area contributed by atoms with E-state index in [1.807, 2.05) is 60.4 Å². The van der Waals surface area contributed by atoms with Gasteiger partial charge in [-0.3, -0.25) is 9.59 Å². The number of para-hydroxylation sites is 3. The van der Waals surface area contributed by atoms with Crippen LogP contribution in [-0.2, 0) is 9.59 Å². The van der Waals surface area contributed by atoms with Crippen LogP contribution in [-0.4, -0.2) is 55.7 Å². The molecule has 0 bridgehead atoms. The van der Waals surface area contributed by atoms with Gasteiger partial charge in [0.1, 0.15) is 5.75 Å². The average Bonchev–Trinajstić information content (AvgIpc) is 2.80. The summed E-state index contributed by atoms with van der Waals surface area (Å²) >= 11 is 0. The van der Waals surface area contributed by atoms with Crippen LogP contribution in [0.25, 0.3) is 0 Å². The van der Waals surface area contributed by atoms with E-state index in [2.05, 4.69) is 5.32 Å². The Morgan fingerprint density at radius 1 is 0.935 bits per heavy atom. The molecular formula is C24H30N2O5. The van der Waals surface area contributed by atoms with Crippen molar-refractivity contribution in [3.63, 3.8) is 0 Å². The number of ether oxygens (including phenoxy) is 3. The third-order valence-corrected chi connectivity index (χ3v) is 5.05. The van der Waals surface area contributed by atoms with Crippen molar-refractivity contribution in [3.8, 4) is 17.2 Å². The zero-order chi connectivity index (χ0) is 21.9. The van der Waals surface area contributed by atoms with Gasteiger partial charge in [0.25, 0.3) is 5.91 Å². The molecular weight excluding hydrogens is 396 g/mol. The van der Waals surface area contributed by atoms with E-state index in [0.717, 1.165) is 18.6 Å². The summed E-state index contributed by atoms with van der Waals surface area (Å²) in [6.07, 6.45) is 1.80. The fraction of sp³-hybridized carbons (Fsp3) is 0.417. The highest BCUT2D eigenvalue weighted by Gasteiger charge is 2.24. The SMILES string of the molecule is CCOc1ccccc1OCC(=O)NC1CCN(C(=O)CCOc2ccccc2)CC1. The summed E-state index contributed by atoms with van der Waals surface area (Å²) in [7, 11) is 0. The highest BCUT2D eigenvalue weighted by molar-refractivity contribution is 5.78. The number of likely N-dealkylation sites (tertiary alicyclic amines) is 1. The van der Waals surface area contributed by atoms with Crippen LogP contribution in [0.3, 0.4) is 0 Å². The zero-order valence-corrected chi connectivity index (χ0v) is 17.9. The predicted molar refractivity (Wildman–Crippen MR) is 117 cm³/mol. The van der Waals surface area contributed by atoms with E-state index in [0.29, 0.717) is 44.2 Å². The summed E-state index contributed by atoms with van der Waals surface area (Å²) in [5.74, 6) is 1.85. The normalized spacial score (nSPS) is 14.0. The molecule has 1 aliphatic rings. The number of hydrogen-bond donors (Lipinski definition) is 1. The lowest BCUT2D eigenvalue weighted by molar-refractivity contribution is -0.133. The van der Waals surface area contributed by atoms with Gasteiger partial charge in [0, 0.05) is 19.1 Å². The molecule has 1 heterocycles. The molecule has 0 radical (unpaired) electrons. The molecule has 0 atom stereocenters. The van der Waals surface area contributed by atoms with Crippen LogP contribution in [0.1, 0.15) is 26.2 Å². The van der Waals surface area contributed by atoms with Crippen molar-refractivity contribution in [3.05, 3.63) is 54.6 Å². The summed E-state index contributed by atoms with van der Waals surface area (Å²) in [5.41, 5.74) is 0. The second-order valence-corrected chi connectivity index (χ2v) is 7.30. The van der Waals surface area contributed by atoms with Crippen molar-refractivity contribution >= 4 is 11.8 Å². The first-order valence-electron chi connectivity index (χ1n) is 10.8. The van der Waals surface area contributed by atoms with Crippen molar-refractivity contribution in [2.45, 2.75) is 32.2 Å². The van der Waals surface area contributed by atoms with E-state index < -0.39 is 0 Å². The Bertz CT molecular complexity index is 835. The highest BCUT2D eigenvalue weighted by Crippen LogP contribution is 2.26. The highest BCUT2D eigenvalue weighted by atomic mass is 16.5. The number of amides is 2. The standard InChI is InChI=1S/C24H30N2O5/c1-2-29-21-10-6-7-11-22(21)31-18-23(27)25-19-12-15-26(16-13-19)24(28)14-17-30-20-8-4-3-5-9-20/h3-11,19H,2,12-18H2,1H3,(H,25,27). The Balaban J connectivity index is 1.34. The number of benzene rings is 2. The molecule has 0 saturated carbocycles. The first kappa shape index (κ1) is 22.5. The summed E-state index contributed by atoms with van der Waals surface area (Å²) in [6, 6.07) is 16.8. The Labute approximate surface area is 183 Å². The number of rotatable bonds is 10. The maximum absolute atomic E-state index is 12.4. The van der Waals surface area contributed by atoms with Crippen molar-refractivity contribution in [1.29, 1.82) is 0 Å². The third-order valence-electron chi connectivity index (χ3n) is 5.05. The molecule has 7 nitrogen and oxygen atoms in total. The van der Waals surface area contributed by atoms with Crippen LogP contribution in [0.2, 0.25) is 0 Å². The van der Waals surface area contributed by atoms with E-state index in [-0.39, 0.29) is 24.5 Å². The number of hydrogen-bond acceptors (Lipinski definition) is 5. The van der Waals surface area contributed by atoms with E-state index >= 15 is 0 Å². The molecule has 166 valence electrons. The van der Waals surface area contributed by atoms with Gasteiger partial charge in [-0.2, -0.15) is 0 Å². The zero-order valence-electron chi connectivity index (χ0n) is 17.9. The fourth-order valence-corrected chi connectivity index (χ4v) is 3.46. The van der Waals surface area contributed by atoms with Crippen molar-refractivity contribution in [1.82, 2.24) is 10.2 Å². The first-order valence-corrected chi connectivity index (χ1v) is 10.8. The smallest absolute Gasteiger partial charge is 0.258 e. The quantitative estimate of drug-likeness (QED) is 0.632. The van der Waals surface area contributed by atoms with Gasteiger partial charge in [-0.15, -0.1) is 0 Å². The summed E-state index contributed by atoms with van der Waals surface area (Å²) in [4.78, 5) is 26.5. The molecule has 2 aromatic rings. The molecule has 0 unspecified atom stereocenters. The van der Waals surface area contributed by atoms with Crippen LogP contribution in [0.5, 0.6) is 17.2 Å². The Kier molecular flexibility index (Phi) is 8.58. The fourth-order valence-electron chi connectivity index (χ4n) is 3.46. The number of nitrogens with zero attached hydrogens (tertiary/aromatic N) is 1. The molecule has 3 rings (SSSR count). The molecule has 1 aliphatic heterocycles. The Morgan fingerprint density at radius 3 is 2.26 bits per heavy atom. The number of carbonyl (C=O) groups excluding carboxylic acids is 2. The minimum atomic E-state index is -0.174. The number of piperidine rings is 1. The molecule has 0 aromatic heterocycles. The van der Waals surface area contributed by atoms with E-state index in [1.165, 1.54) is 0 Å². The van der Waals surface area contributed by atoms with Crippen LogP contribution in [0.4, 0.5) is 0 Å². The van der Waals surface area contributed by atoms with Gasteiger partial charge in [0.05, 0.1) is 19.6 Å². The Morgan fingerprint density at radius 2 is 1.58 bits per heavy atom. The number of nitrogens with one attached hydrogen (secondary N) is 1. The molecule has 0 spiro atoms. The maximum Gasteiger partial charge on any atom is 0.258 e. The maximum atomic E-state index is 12.4. The molecule has 7 heteroatoms. The largest absolute Gasteiger partial charge is 0.493 e. The van der Waals surface area contributed by atoms with Gasteiger partial charge >= 0.3 is 0 Å². The van der Waals surface area contributed by atoms with Crippen molar-refractivity contribution < 1.29 is 23.8 Å². The van der Waals surface area contributed by atoms with Crippen molar-refractivity contribution in [2.75, 3.05) is 32.9 Å². The lowest BCUT2D eigenvalue weighted by Crippen LogP contribution is -2.47. The lowest BCUT2D eigenvalue weighted by Gasteiger charge is -2.32. The van der Waals surface area contributed by atoms with Gasteiger partial charge in [-0.1, -0.05) is 30.3 Å². The van der Waals surface area contributed by atoms with Gasteiger partial charge in [-0.05, 0) is 44.0 Å². The van der Waals surface area contributed by atoms with Gasteiger partial charge in [0.2, 0.25) is 5.91 Å². The minimum Gasteiger partial charge on any atom is -0.493 e. The predicted octanol–water partition coefficient (Wildman–Crippen LogP) is 3.04. The Hall–Kier alpha value is -3.22. The monoisotopic (exact) mass is 426 g/mol. The second kappa shape index (κ2) is 11.8. The van der Waals surface area contributed by atoms with Crippen LogP contribution >= 0.6 is 0 Å². The van der Waals surface area contributed by atoms with E-state index in [4.69, 9.17) is 14.2 Å². The van der Waals surface area contributed by atoms with Crippen LogP contribution in [0.15, 0.2) is 54.6 Å². The molecule has 2 aromatic carbocycles. The van der Waals surface area contributed by atoms with Crippen molar-refractivity contribution in [2.24, 2.45) is 0 Å². The van der Waals surface area contributed by atoms with Gasteiger partial charge in [0.15, 0.2) is 18.1 Å². The molecule has 1 N–H and O–H groups in total. The molecule has 0 aliphatic carbocycles. The molecule has 1 saturated heterocycles. The topological polar surface area (TPSA) is 77.1 Å². The summed E-state index contributed by atoms with van der Waals surface area (Å²) in [5, 5.41) is 3.00. The van der Waals surface area contributed by atoms with Gasteiger partial charge < -0.3 is 24.4 Å². The van der Waals surface area contributed by atoms with E-state index in [1.54, 1.807) is 6.07 Å². The molecule has 1 fully saturated rings. The van der Waals surface area contributed by atoms with Crippen LogP contribution in [0, 0.1) is 0 Å². The number of carbonyl (C=O) groups is 2. The summed E-state index contributed by atoms with van der Waals surface area (Å²) < 4.78 is 16.7. The first-order chi connectivity index (χ1) is 15.2. The molecule has 31 heavy (non-hydrogen) atoms. The lowest BCUT2D eigenvalue weighted by atomic mass is 10.0. The van der Waals surface area contributed by atoms with Gasteiger partial charge in [-0.25, -0.2) is 0 Å². The van der Waals surface area contributed by atoms with Crippen LogP contribution < -0.4 is 19.5 Å². The van der Waals surface area contributed by atoms with E-state index in [9.17, 15) is 9.59 Å². The third kappa shape index (κ3) is 7.20. The second-order valence-electron chi connectivity index (χ2n) is 7.30.